The zero-order valence-electron chi connectivity index (χ0n) is 10.7. The molecule has 2 N–H and O–H groups in total. The molecule has 1 atom stereocenters. The number of hydrogen-bond acceptors (Lipinski definition) is 4. The van der Waals surface area contributed by atoms with Crippen molar-refractivity contribution in [3.05, 3.63) is 57.7 Å². The summed E-state index contributed by atoms with van der Waals surface area (Å²) in [6, 6.07) is 9.38. The predicted molar refractivity (Wildman–Crippen MR) is 77.1 cm³/mol. The first kappa shape index (κ1) is 12.7. The lowest BCUT2D eigenvalue weighted by molar-refractivity contribution is 0.869. The average Bonchev–Trinajstić information content (AvgIpc) is 2.81. The maximum absolute atomic E-state index is 11.3. The molecule has 0 bridgehead atoms. The van der Waals surface area contributed by atoms with E-state index in [4.69, 9.17) is 11.6 Å². The van der Waals surface area contributed by atoms with Crippen molar-refractivity contribution in [3.63, 3.8) is 0 Å². The summed E-state index contributed by atoms with van der Waals surface area (Å²) in [5.41, 5.74) is 1.32. The number of H-pyrrole nitrogens is 1. The van der Waals surface area contributed by atoms with Crippen molar-refractivity contribution in [2.24, 2.45) is 0 Å². The number of nitrogens with one attached hydrogen (secondary N) is 2. The van der Waals surface area contributed by atoms with Crippen LogP contribution in [-0.2, 0) is 0 Å². The Morgan fingerprint density at radius 3 is 2.85 bits per heavy atom. The lowest BCUT2D eigenvalue weighted by atomic mass is 10.1. The van der Waals surface area contributed by atoms with Gasteiger partial charge in [0.1, 0.15) is 12.1 Å². The second-order valence-corrected chi connectivity index (χ2v) is 4.89. The van der Waals surface area contributed by atoms with Crippen LogP contribution in [-0.4, -0.2) is 19.6 Å². The van der Waals surface area contributed by atoms with E-state index in [0.29, 0.717) is 16.5 Å². The Hall–Kier alpha value is -2.34. The van der Waals surface area contributed by atoms with Crippen molar-refractivity contribution in [2.45, 2.75) is 13.0 Å². The van der Waals surface area contributed by atoms with Gasteiger partial charge in [-0.15, -0.1) is 0 Å². The highest BCUT2D eigenvalue weighted by atomic mass is 35.5. The summed E-state index contributed by atoms with van der Waals surface area (Å²) in [5.74, 6) is 0.652. The van der Waals surface area contributed by atoms with Crippen molar-refractivity contribution in [3.8, 4) is 0 Å². The molecular weight excluding hydrogens is 278 g/mol. The molecule has 1 aromatic carbocycles. The summed E-state index contributed by atoms with van der Waals surface area (Å²) in [6.45, 7) is 2.02. The molecule has 0 saturated carbocycles. The third-order valence-corrected chi connectivity index (χ3v) is 3.30. The normalized spacial score (nSPS) is 12.5. The third-order valence-electron chi connectivity index (χ3n) is 3.04. The number of benzene rings is 1. The fourth-order valence-electron chi connectivity index (χ4n) is 1.95. The standard InChI is InChI=1S/C13H12ClN5O/c1-8(9-2-4-10(14)5-3-9)16-11-6-12-17-18-13(20)19(12)7-15-11/h2-8,16H,1H3,(H,18,20). The monoisotopic (exact) mass is 289 g/mol. The number of fused-ring (bicyclic) bond motifs is 1. The number of hydrogen-bond donors (Lipinski definition) is 2. The van der Waals surface area contributed by atoms with Gasteiger partial charge in [-0.25, -0.2) is 19.3 Å². The highest BCUT2D eigenvalue weighted by molar-refractivity contribution is 6.30. The lowest BCUT2D eigenvalue weighted by Crippen LogP contribution is -2.11. The fourth-order valence-corrected chi connectivity index (χ4v) is 2.07. The van der Waals surface area contributed by atoms with Crippen LogP contribution < -0.4 is 11.0 Å². The Labute approximate surface area is 119 Å². The van der Waals surface area contributed by atoms with E-state index in [0.717, 1.165) is 5.56 Å². The van der Waals surface area contributed by atoms with E-state index in [9.17, 15) is 4.79 Å². The summed E-state index contributed by atoms with van der Waals surface area (Å²) < 4.78 is 1.35. The molecular formula is C13H12ClN5O. The first-order chi connectivity index (χ1) is 9.63. The topological polar surface area (TPSA) is 75.1 Å². The molecule has 6 nitrogen and oxygen atoms in total. The predicted octanol–water partition coefficient (Wildman–Crippen LogP) is 2.24. The zero-order valence-corrected chi connectivity index (χ0v) is 11.4. The molecule has 0 aliphatic heterocycles. The first-order valence-corrected chi connectivity index (χ1v) is 6.46. The van der Waals surface area contributed by atoms with E-state index in [1.54, 1.807) is 6.07 Å². The maximum Gasteiger partial charge on any atom is 0.348 e. The molecule has 102 valence electrons. The number of nitrogens with zero attached hydrogens (tertiary/aromatic N) is 3. The minimum atomic E-state index is -0.301. The van der Waals surface area contributed by atoms with E-state index < -0.39 is 0 Å². The van der Waals surface area contributed by atoms with Gasteiger partial charge in [-0.1, -0.05) is 23.7 Å². The van der Waals surface area contributed by atoms with E-state index in [2.05, 4.69) is 20.5 Å². The van der Waals surface area contributed by atoms with E-state index in [-0.39, 0.29) is 11.7 Å². The summed E-state index contributed by atoms with van der Waals surface area (Å²) >= 11 is 5.87. The number of rotatable bonds is 3. The molecule has 20 heavy (non-hydrogen) atoms. The van der Waals surface area contributed by atoms with Crippen LogP contribution in [0.15, 0.2) is 41.5 Å². The van der Waals surface area contributed by atoms with Crippen LogP contribution in [0.2, 0.25) is 5.02 Å². The molecule has 0 spiro atoms. The zero-order chi connectivity index (χ0) is 14.1. The SMILES string of the molecule is CC(Nc1cc2n[nH]c(=O)n2cn1)c1ccc(Cl)cc1. The highest BCUT2D eigenvalue weighted by Crippen LogP contribution is 2.19. The van der Waals surface area contributed by atoms with Gasteiger partial charge in [0.15, 0.2) is 5.65 Å². The second kappa shape index (κ2) is 4.97. The minimum Gasteiger partial charge on any atom is -0.363 e. The molecule has 0 radical (unpaired) electrons. The van der Waals surface area contributed by atoms with Crippen LogP contribution in [0.3, 0.4) is 0 Å². The molecule has 0 aliphatic rings. The van der Waals surface area contributed by atoms with E-state index in [1.165, 1.54) is 10.7 Å². The van der Waals surface area contributed by atoms with Gasteiger partial charge in [0.2, 0.25) is 0 Å². The number of aromatic amines is 1. The van der Waals surface area contributed by atoms with Crippen LogP contribution in [0.25, 0.3) is 5.65 Å². The van der Waals surface area contributed by atoms with Crippen LogP contribution in [0.5, 0.6) is 0 Å². The Balaban J connectivity index is 1.85. The molecule has 0 fully saturated rings. The van der Waals surface area contributed by atoms with Gasteiger partial charge >= 0.3 is 5.69 Å². The Kier molecular flexibility index (Phi) is 3.15. The van der Waals surface area contributed by atoms with E-state index in [1.807, 2.05) is 31.2 Å². The first-order valence-electron chi connectivity index (χ1n) is 6.08. The van der Waals surface area contributed by atoms with Gasteiger partial charge < -0.3 is 5.32 Å². The molecule has 3 rings (SSSR count). The van der Waals surface area contributed by atoms with Crippen LogP contribution >= 0.6 is 11.6 Å². The highest BCUT2D eigenvalue weighted by Gasteiger charge is 2.08. The van der Waals surface area contributed by atoms with Gasteiger partial charge in [0, 0.05) is 17.1 Å². The van der Waals surface area contributed by atoms with Crippen LogP contribution in [0.4, 0.5) is 5.82 Å². The molecule has 2 aromatic heterocycles. The van der Waals surface area contributed by atoms with Crippen molar-refractivity contribution in [1.82, 2.24) is 19.6 Å². The summed E-state index contributed by atoms with van der Waals surface area (Å²) in [5, 5.41) is 10.2. The second-order valence-electron chi connectivity index (χ2n) is 4.45. The fraction of sp³-hybridized carbons (Fsp3) is 0.154. The van der Waals surface area contributed by atoms with Crippen LogP contribution in [0, 0.1) is 0 Å². The summed E-state index contributed by atoms with van der Waals surface area (Å²) in [4.78, 5) is 15.5. The van der Waals surface area contributed by atoms with Gasteiger partial charge in [0.05, 0.1) is 0 Å². The van der Waals surface area contributed by atoms with E-state index >= 15 is 0 Å². The molecule has 0 aliphatic carbocycles. The van der Waals surface area contributed by atoms with Crippen molar-refractivity contribution in [1.29, 1.82) is 0 Å². The van der Waals surface area contributed by atoms with Gasteiger partial charge in [-0.05, 0) is 24.6 Å². The summed E-state index contributed by atoms with van der Waals surface area (Å²) in [6.07, 6.45) is 1.44. The average molecular weight is 290 g/mol. The Bertz CT molecular complexity index is 792. The summed E-state index contributed by atoms with van der Waals surface area (Å²) in [7, 11) is 0. The van der Waals surface area contributed by atoms with Gasteiger partial charge in [-0.3, -0.25) is 0 Å². The number of anilines is 1. The molecule has 7 heteroatoms. The molecule has 2 heterocycles. The van der Waals surface area contributed by atoms with Crippen molar-refractivity contribution < 1.29 is 0 Å². The Morgan fingerprint density at radius 2 is 2.10 bits per heavy atom. The Morgan fingerprint density at radius 1 is 1.35 bits per heavy atom. The largest absolute Gasteiger partial charge is 0.363 e. The van der Waals surface area contributed by atoms with Gasteiger partial charge in [-0.2, -0.15) is 5.10 Å². The smallest absolute Gasteiger partial charge is 0.348 e. The maximum atomic E-state index is 11.3. The van der Waals surface area contributed by atoms with Crippen molar-refractivity contribution in [2.75, 3.05) is 5.32 Å². The molecule has 0 amide bonds. The number of aromatic nitrogens is 4. The number of halogens is 1. The third kappa shape index (κ3) is 2.37. The molecule has 1 unspecified atom stereocenters. The minimum absolute atomic E-state index is 0.0629. The quantitative estimate of drug-likeness (QED) is 0.775. The van der Waals surface area contributed by atoms with Crippen molar-refractivity contribution >= 4 is 23.1 Å². The molecule has 3 aromatic rings. The van der Waals surface area contributed by atoms with Crippen LogP contribution in [0.1, 0.15) is 18.5 Å². The van der Waals surface area contributed by atoms with Gasteiger partial charge in [0.25, 0.3) is 0 Å². The molecule has 0 saturated heterocycles. The lowest BCUT2D eigenvalue weighted by Gasteiger charge is -2.14.